The van der Waals surface area contributed by atoms with Crippen LogP contribution in [-0.4, -0.2) is 35.9 Å². The molecule has 2 N–H and O–H groups in total. The number of benzene rings is 1. The number of para-hydroxylation sites is 1. The zero-order valence-electron chi connectivity index (χ0n) is 17.8. The first-order valence-electron chi connectivity index (χ1n) is 10.8. The van der Waals surface area contributed by atoms with E-state index in [0.717, 1.165) is 39.3 Å². The molecule has 1 atom stereocenters. The Kier molecular flexibility index (Phi) is 4.77. The highest BCUT2D eigenvalue weighted by Gasteiger charge is 2.18. The zero-order valence-corrected chi connectivity index (χ0v) is 17.8. The van der Waals surface area contributed by atoms with Crippen LogP contribution < -0.4 is 5.32 Å². The van der Waals surface area contributed by atoms with E-state index in [9.17, 15) is 0 Å². The van der Waals surface area contributed by atoms with Crippen molar-refractivity contribution >= 4 is 22.4 Å². The predicted octanol–water partition coefficient (Wildman–Crippen LogP) is 4.91. The van der Waals surface area contributed by atoms with E-state index in [1.54, 1.807) is 6.20 Å². The average Bonchev–Trinajstić information content (AvgIpc) is 3.57. The summed E-state index contributed by atoms with van der Waals surface area (Å²) < 4.78 is 1.98. The van der Waals surface area contributed by atoms with E-state index in [1.807, 2.05) is 83.8 Å². The highest BCUT2D eigenvalue weighted by Crippen LogP contribution is 2.27. The molecular formula is C26H21N7. The molecule has 0 fully saturated rings. The first kappa shape index (κ1) is 19.2. The number of hydrogen-bond acceptors (Lipinski definition) is 5. The predicted molar refractivity (Wildman–Crippen MR) is 129 cm³/mol. The average molecular weight is 432 g/mol. The fourth-order valence-corrected chi connectivity index (χ4v) is 4.11. The highest BCUT2D eigenvalue weighted by molar-refractivity contribution is 5.90. The summed E-state index contributed by atoms with van der Waals surface area (Å²) in [5, 5.41) is 4.57. The Hall–Kier alpha value is -4.52. The lowest BCUT2D eigenvalue weighted by atomic mass is 10.0. The van der Waals surface area contributed by atoms with Gasteiger partial charge in [-0.2, -0.15) is 0 Å². The van der Waals surface area contributed by atoms with Crippen molar-refractivity contribution in [3.05, 3.63) is 109 Å². The van der Waals surface area contributed by atoms with Gasteiger partial charge in [0.25, 0.3) is 0 Å². The van der Waals surface area contributed by atoms with E-state index < -0.39 is 0 Å². The Morgan fingerprint density at radius 3 is 2.70 bits per heavy atom. The van der Waals surface area contributed by atoms with E-state index >= 15 is 0 Å². The third-order valence-corrected chi connectivity index (χ3v) is 5.77. The minimum absolute atomic E-state index is 0.0562. The van der Waals surface area contributed by atoms with Crippen molar-refractivity contribution in [2.45, 2.75) is 5.92 Å². The molecule has 0 radical (unpaired) electrons. The number of nitrogens with zero attached hydrogens (tertiary/aromatic N) is 5. The lowest BCUT2D eigenvalue weighted by molar-refractivity contribution is 0.790. The molecule has 0 bridgehead atoms. The maximum atomic E-state index is 4.92. The molecule has 7 nitrogen and oxygen atoms in total. The molecule has 0 saturated carbocycles. The van der Waals surface area contributed by atoms with Gasteiger partial charge in [0.15, 0.2) is 5.82 Å². The number of hydrogen-bond donors (Lipinski definition) is 2. The van der Waals surface area contributed by atoms with Crippen molar-refractivity contribution < 1.29 is 0 Å². The number of aromatic nitrogens is 6. The second-order valence-electron chi connectivity index (χ2n) is 7.84. The van der Waals surface area contributed by atoms with Gasteiger partial charge in [-0.3, -0.25) is 4.98 Å². The number of rotatable bonds is 6. The number of nitrogens with one attached hydrogen (secondary N) is 2. The number of H-pyrrole nitrogens is 1. The van der Waals surface area contributed by atoms with Gasteiger partial charge in [0, 0.05) is 54.2 Å². The summed E-state index contributed by atoms with van der Waals surface area (Å²) in [6.45, 7) is 0.637. The lowest BCUT2D eigenvalue weighted by Crippen LogP contribution is -2.16. The van der Waals surface area contributed by atoms with Crippen molar-refractivity contribution in [1.82, 2.24) is 29.3 Å². The number of aromatic amines is 1. The second kappa shape index (κ2) is 8.20. The molecule has 1 unspecified atom stereocenters. The molecule has 0 amide bonds. The first-order valence-corrected chi connectivity index (χ1v) is 10.8. The Balaban J connectivity index is 1.39. The normalized spacial score (nSPS) is 12.2. The number of imidazole rings is 1. The summed E-state index contributed by atoms with van der Waals surface area (Å²) in [5.41, 5.74) is 4.81. The van der Waals surface area contributed by atoms with Crippen LogP contribution in [0.15, 0.2) is 97.7 Å². The Labute approximate surface area is 190 Å². The topological polar surface area (TPSA) is 83.8 Å². The molecule has 1 aromatic carbocycles. The fraction of sp³-hybridized carbons (Fsp3) is 0.0769. The molecule has 0 aliphatic heterocycles. The minimum atomic E-state index is 0.0562. The molecule has 0 spiro atoms. The molecule has 5 aromatic heterocycles. The molecule has 0 aliphatic rings. The Bertz CT molecular complexity index is 1520. The lowest BCUT2D eigenvalue weighted by Gasteiger charge is -2.18. The van der Waals surface area contributed by atoms with Gasteiger partial charge in [0.05, 0.1) is 17.1 Å². The first-order chi connectivity index (χ1) is 16.3. The summed E-state index contributed by atoms with van der Waals surface area (Å²) in [5.74, 6) is 1.52. The molecular weight excluding hydrogens is 410 g/mol. The third kappa shape index (κ3) is 3.70. The van der Waals surface area contributed by atoms with Crippen LogP contribution in [0.5, 0.6) is 0 Å². The van der Waals surface area contributed by atoms with Gasteiger partial charge in [-0.15, -0.1) is 0 Å². The summed E-state index contributed by atoms with van der Waals surface area (Å²) in [4.78, 5) is 22.0. The van der Waals surface area contributed by atoms with Crippen molar-refractivity contribution in [3.8, 4) is 11.4 Å². The van der Waals surface area contributed by atoms with Gasteiger partial charge in [-0.1, -0.05) is 18.2 Å². The largest absolute Gasteiger partial charge is 0.368 e. The molecule has 0 saturated heterocycles. The monoisotopic (exact) mass is 431 g/mol. The van der Waals surface area contributed by atoms with Crippen LogP contribution in [0.25, 0.3) is 27.9 Å². The Morgan fingerprint density at radius 2 is 1.82 bits per heavy atom. The molecule has 33 heavy (non-hydrogen) atoms. The fourth-order valence-electron chi connectivity index (χ4n) is 4.11. The van der Waals surface area contributed by atoms with E-state index in [2.05, 4.69) is 32.4 Å². The molecule has 0 aliphatic carbocycles. The Morgan fingerprint density at radius 1 is 0.879 bits per heavy atom. The number of pyridine rings is 2. The van der Waals surface area contributed by atoms with Crippen LogP contribution in [0.2, 0.25) is 0 Å². The summed E-state index contributed by atoms with van der Waals surface area (Å²) in [7, 11) is 0. The summed E-state index contributed by atoms with van der Waals surface area (Å²) in [6.07, 6.45) is 9.48. The molecule has 7 heteroatoms. The SMILES string of the molecule is c1ccc(C(CNc2nc(-c3ccc4nccn4c3)nc3ccccc23)c2ccc[nH]2)nc1. The highest BCUT2D eigenvalue weighted by atomic mass is 15.0. The van der Waals surface area contributed by atoms with E-state index in [4.69, 9.17) is 9.97 Å². The van der Waals surface area contributed by atoms with Gasteiger partial charge in [0.2, 0.25) is 0 Å². The standard InChI is InChI=1S/C26H21N7/c1-2-8-23-19(6-1)26(32-25(31-23)18-10-11-24-29-14-15-33(24)17-18)30-16-20(22-9-5-13-28-22)21-7-3-4-12-27-21/h1-15,17,20,28H,16H2,(H,30,31,32). The van der Waals surface area contributed by atoms with E-state index in [1.165, 1.54) is 0 Å². The summed E-state index contributed by atoms with van der Waals surface area (Å²) in [6, 6.07) is 22.2. The van der Waals surface area contributed by atoms with E-state index in [0.29, 0.717) is 12.4 Å². The third-order valence-electron chi connectivity index (χ3n) is 5.77. The molecule has 160 valence electrons. The number of fused-ring (bicyclic) bond motifs is 2. The maximum absolute atomic E-state index is 4.92. The van der Waals surface area contributed by atoms with Gasteiger partial charge in [-0.05, 0) is 48.5 Å². The van der Waals surface area contributed by atoms with Crippen molar-refractivity contribution in [2.75, 3.05) is 11.9 Å². The zero-order chi connectivity index (χ0) is 22.0. The second-order valence-corrected chi connectivity index (χ2v) is 7.84. The summed E-state index contributed by atoms with van der Waals surface area (Å²) >= 11 is 0. The molecule has 6 aromatic rings. The van der Waals surface area contributed by atoms with Gasteiger partial charge in [-0.25, -0.2) is 15.0 Å². The minimum Gasteiger partial charge on any atom is -0.368 e. The number of anilines is 1. The van der Waals surface area contributed by atoms with E-state index in [-0.39, 0.29) is 5.92 Å². The van der Waals surface area contributed by atoms with Gasteiger partial charge >= 0.3 is 0 Å². The molecule has 5 heterocycles. The van der Waals surface area contributed by atoms with Crippen LogP contribution in [0.3, 0.4) is 0 Å². The van der Waals surface area contributed by atoms with Crippen LogP contribution in [-0.2, 0) is 0 Å². The van der Waals surface area contributed by atoms with Gasteiger partial charge < -0.3 is 14.7 Å². The van der Waals surface area contributed by atoms with Crippen LogP contribution in [0.1, 0.15) is 17.3 Å². The molecule has 6 rings (SSSR count). The van der Waals surface area contributed by atoms with Crippen LogP contribution in [0, 0.1) is 0 Å². The van der Waals surface area contributed by atoms with Crippen LogP contribution >= 0.6 is 0 Å². The van der Waals surface area contributed by atoms with Crippen LogP contribution in [0.4, 0.5) is 5.82 Å². The van der Waals surface area contributed by atoms with Crippen molar-refractivity contribution in [2.24, 2.45) is 0 Å². The maximum Gasteiger partial charge on any atom is 0.163 e. The van der Waals surface area contributed by atoms with Gasteiger partial charge in [0.1, 0.15) is 11.5 Å². The van der Waals surface area contributed by atoms with Crippen molar-refractivity contribution in [3.63, 3.8) is 0 Å². The smallest absolute Gasteiger partial charge is 0.163 e. The quantitative estimate of drug-likeness (QED) is 0.391. The van der Waals surface area contributed by atoms with Crippen molar-refractivity contribution in [1.29, 1.82) is 0 Å².